The lowest BCUT2D eigenvalue weighted by atomic mass is 9.99. The molecule has 3 unspecified atom stereocenters. The Hall–Kier alpha value is -1.88. The number of aldehydes is 1. The molecule has 0 bridgehead atoms. The zero-order valence-corrected chi connectivity index (χ0v) is 11.9. The van der Waals surface area contributed by atoms with Gasteiger partial charge in [-0.25, -0.2) is 0 Å². The van der Waals surface area contributed by atoms with Gasteiger partial charge in [-0.3, -0.25) is 4.79 Å². The quantitative estimate of drug-likeness (QED) is 0.649. The minimum atomic E-state index is -0.717. The molecule has 110 valence electrons. The summed E-state index contributed by atoms with van der Waals surface area (Å²) >= 11 is 0. The number of amides is 1. The molecule has 5 nitrogen and oxygen atoms in total. The van der Waals surface area contributed by atoms with E-state index in [-0.39, 0.29) is 17.6 Å². The van der Waals surface area contributed by atoms with Crippen LogP contribution < -0.4 is 11.1 Å². The first kappa shape index (κ1) is 16.2. The highest BCUT2D eigenvalue weighted by molar-refractivity contribution is 5.84. The van der Waals surface area contributed by atoms with Crippen LogP contribution in [0.25, 0.3) is 0 Å². The maximum Gasteiger partial charge on any atom is 0.237 e. The summed E-state index contributed by atoms with van der Waals surface area (Å²) in [4.78, 5) is 22.9. The van der Waals surface area contributed by atoms with Crippen LogP contribution in [0.2, 0.25) is 0 Å². The van der Waals surface area contributed by atoms with E-state index in [0.29, 0.717) is 6.42 Å². The maximum absolute atomic E-state index is 12.0. The Balaban J connectivity index is 2.58. The molecule has 1 aromatic carbocycles. The molecule has 0 aliphatic rings. The van der Waals surface area contributed by atoms with Crippen molar-refractivity contribution in [2.75, 3.05) is 0 Å². The van der Waals surface area contributed by atoms with E-state index in [1.165, 1.54) is 0 Å². The van der Waals surface area contributed by atoms with Crippen LogP contribution in [-0.2, 0) is 16.0 Å². The Bertz CT molecular complexity index is 445. The maximum atomic E-state index is 12.0. The van der Waals surface area contributed by atoms with Crippen molar-refractivity contribution in [3.63, 3.8) is 0 Å². The fourth-order valence-corrected chi connectivity index (χ4v) is 1.81. The second-order valence-corrected chi connectivity index (χ2v) is 5.03. The fourth-order valence-electron chi connectivity index (χ4n) is 1.81. The lowest BCUT2D eigenvalue weighted by Gasteiger charge is -2.21. The lowest BCUT2D eigenvalue weighted by molar-refractivity contribution is -0.125. The smallest absolute Gasteiger partial charge is 0.237 e. The highest BCUT2D eigenvalue weighted by Crippen LogP contribution is 2.11. The Morgan fingerprint density at radius 3 is 2.50 bits per heavy atom. The summed E-state index contributed by atoms with van der Waals surface area (Å²) in [6.07, 6.45) is 1.91. The van der Waals surface area contributed by atoms with Crippen molar-refractivity contribution < 1.29 is 14.7 Å². The number of nitrogens with one attached hydrogen (secondary N) is 1. The molecule has 0 fully saturated rings. The Kier molecular flexibility index (Phi) is 6.18. The number of carbonyl (C=O) groups is 2. The molecule has 0 saturated carbocycles. The van der Waals surface area contributed by atoms with E-state index < -0.39 is 12.1 Å². The van der Waals surface area contributed by atoms with Gasteiger partial charge in [-0.15, -0.1) is 0 Å². The molecule has 0 radical (unpaired) electrons. The normalized spacial score (nSPS) is 15.2. The molecule has 0 aliphatic carbocycles. The predicted molar refractivity (Wildman–Crippen MR) is 77.2 cm³/mol. The molecule has 4 N–H and O–H groups in total. The van der Waals surface area contributed by atoms with Crippen LogP contribution in [0.4, 0.5) is 0 Å². The second-order valence-electron chi connectivity index (χ2n) is 5.03. The summed E-state index contributed by atoms with van der Waals surface area (Å²) in [5.41, 5.74) is 6.70. The monoisotopic (exact) mass is 278 g/mol. The van der Waals surface area contributed by atoms with E-state index in [0.717, 1.165) is 18.3 Å². The van der Waals surface area contributed by atoms with Crippen LogP contribution in [0, 0.1) is 5.92 Å². The van der Waals surface area contributed by atoms with Gasteiger partial charge in [-0.2, -0.15) is 0 Å². The van der Waals surface area contributed by atoms with Crippen LogP contribution in [-0.4, -0.2) is 29.4 Å². The van der Waals surface area contributed by atoms with Gasteiger partial charge in [-0.05, 0) is 30.0 Å². The number of nitrogens with two attached hydrogens (primary N) is 1. The summed E-state index contributed by atoms with van der Waals surface area (Å²) in [6, 6.07) is 5.31. The molecule has 0 spiro atoms. The van der Waals surface area contributed by atoms with Crippen molar-refractivity contribution in [3.8, 4) is 5.75 Å². The highest BCUT2D eigenvalue weighted by atomic mass is 16.3. The average Bonchev–Trinajstić information content (AvgIpc) is 2.45. The Morgan fingerprint density at radius 1 is 1.40 bits per heavy atom. The van der Waals surface area contributed by atoms with E-state index in [2.05, 4.69) is 5.32 Å². The molecule has 1 rings (SSSR count). The molecule has 0 heterocycles. The van der Waals surface area contributed by atoms with E-state index in [9.17, 15) is 14.7 Å². The number of benzene rings is 1. The van der Waals surface area contributed by atoms with Crippen molar-refractivity contribution in [1.82, 2.24) is 5.32 Å². The molecule has 0 aromatic heterocycles. The van der Waals surface area contributed by atoms with E-state index in [4.69, 9.17) is 5.73 Å². The van der Waals surface area contributed by atoms with Gasteiger partial charge in [-0.1, -0.05) is 32.4 Å². The van der Waals surface area contributed by atoms with Crippen LogP contribution in [0.1, 0.15) is 25.8 Å². The SMILES string of the molecule is CCC(C)C(C=O)NC(=O)C(N)Cc1ccc(O)cc1. The zero-order chi connectivity index (χ0) is 15.1. The summed E-state index contributed by atoms with van der Waals surface area (Å²) < 4.78 is 0. The van der Waals surface area contributed by atoms with Gasteiger partial charge in [0.15, 0.2) is 0 Å². The topological polar surface area (TPSA) is 92.4 Å². The third-order valence-corrected chi connectivity index (χ3v) is 3.44. The highest BCUT2D eigenvalue weighted by Gasteiger charge is 2.21. The van der Waals surface area contributed by atoms with Gasteiger partial charge in [0, 0.05) is 0 Å². The first-order valence-corrected chi connectivity index (χ1v) is 6.77. The Morgan fingerprint density at radius 2 is 2.00 bits per heavy atom. The van der Waals surface area contributed by atoms with Gasteiger partial charge in [0.25, 0.3) is 0 Å². The molecule has 3 atom stereocenters. The summed E-state index contributed by atoms with van der Waals surface area (Å²) in [6.45, 7) is 3.87. The average molecular weight is 278 g/mol. The third-order valence-electron chi connectivity index (χ3n) is 3.44. The molecule has 1 aromatic rings. The van der Waals surface area contributed by atoms with Gasteiger partial charge in [0.1, 0.15) is 12.0 Å². The molecular formula is C15H22N2O3. The first-order valence-electron chi connectivity index (χ1n) is 6.77. The van der Waals surface area contributed by atoms with Crippen LogP contribution in [0.3, 0.4) is 0 Å². The summed E-state index contributed by atoms with van der Waals surface area (Å²) in [5.74, 6) is -0.0858. The predicted octanol–water partition coefficient (Wildman–Crippen LogP) is 0.992. The minimum Gasteiger partial charge on any atom is -0.508 e. The molecule has 5 heteroatoms. The molecule has 1 amide bonds. The van der Waals surface area contributed by atoms with Crippen molar-refractivity contribution in [3.05, 3.63) is 29.8 Å². The molecular weight excluding hydrogens is 256 g/mol. The third kappa shape index (κ3) is 4.66. The number of phenols is 1. The van der Waals surface area contributed by atoms with Gasteiger partial charge < -0.3 is 21.0 Å². The number of hydrogen-bond donors (Lipinski definition) is 3. The van der Waals surface area contributed by atoms with Gasteiger partial charge >= 0.3 is 0 Å². The van der Waals surface area contributed by atoms with Crippen molar-refractivity contribution in [2.45, 2.75) is 38.8 Å². The number of carbonyl (C=O) groups excluding carboxylic acids is 2. The zero-order valence-electron chi connectivity index (χ0n) is 11.9. The number of rotatable bonds is 7. The number of phenolic OH excluding ortho intramolecular Hbond substituents is 1. The summed E-state index contributed by atoms with van der Waals surface area (Å²) in [7, 11) is 0. The van der Waals surface area contributed by atoms with E-state index in [1.54, 1.807) is 24.3 Å². The second kappa shape index (κ2) is 7.65. The van der Waals surface area contributed by atoms with Crippen LogP contribution in [0.5, 0.6) is 5.75 Å². The van der Waals surface area contributed by atoms with Gasteiger partial charge in [0.2, 0.25) is 5.91 Å². The largest absolute Gasteiger partial charge is 0.508 e. The summed E-state index contributed by atoms with van der Waals surface area (Å²) in [5, 5.41) is 11.9. The minimum absolute atomic E-state index is 0.0809. The number of hydrogen-bond acceptors (Lipinski definition) is 4. The van der Waals surface area contributed by atoms with Crippen molar-refractivity contribution in [2.24, 2.45) is 11.7 Å². The van der Waals surface area contributed by atoms with E-state index in [1.807, 2.05) is 13.8 Å². The Labute approximate surface area is 119 Å². The first-order chi connectivity index (χ1) is 9.47. The molecule has 20 heavy (non-hydrogen) atoms. The molecule has 0 saturated heterocycles. The van der Waals surface area contributed by atoms with Crippen LogP contribution in [0.15, 0.2) is 24.3 Å². The van der Waals surface area contributed by atoms with Crippen molar-refractivity contribution in [1.29, 1.82) is 0 Å². The van der Waals surface area contributed by atoms with Gasteiger partial charge in [0.05, 0.1) is 12.1 Å². The number of aromatic hydroxyl groups is 1. The standard InChI is InChI=1S/C15H22N2O3/c1-3-10(2)14(9-18)17-15(20)13(16)8-11-4-6-12(19)7-5-11/h4-7,9-10,13-14,19H,3,8,16H2,1-2H3,(H,17,20). The van der Waals surface area contributed by atoms with Crippen LogP contribution >= 0.6 is 0 Å². The molecule has 0 aliphatic heterocycles. The lowest BCUT2D eigenvalue weighted by Crippen LogP contribution is -2.49. The fraction of sp³-hybridized carbons (Fsp3) is 0.467. The van der Waals surface area contributed by atoms with E-state index >= 15 is 0 Å². The van der Waals surface area contributed by atoms with Crippen molar-refractivity contribution >= 4 is 12.2 Å².